The van der Waals surface area contributed by atoms with Gasteiger partial charge >= 0.3 is 0 Å². The lowest BCUT2D eigenvalue weighted by Gasteiger charge is -2.23. The molecule has 29 heavy (non-hydrogen) atoms. The lowest BCUT2D eigenvalue weighted by atomic mass is 10.1. The van der Waals surface area contributed by atoms with Gasteiger partial charge in [-0.3, -0.25) is 4.57 Å². The summed E-state index contributed by atoms with van der Waals surface area (Å²) in [6, 6.07) is 30.0. The number of aliphatic hydroxyl groups excluding tert-OH is 1. The van der Waals surface area contributed by atoms with Crippen LogP contribution >= 0.6 is 18.7 Å². The van der Waals surface area contributed by atoms with E-state index in [4.69, 9.17) is 4.52 Å². The number of rotatable bonds is 7. The first-order valence-electron chi connectivity index (χ1n) is 9.35. The van der Waals surface area contributed by atoms with Crippen LogP contribution in [-0.4, -0.2) is 11.3 Å². The number of para-hydroxylation sites is 1. The van der Waals surface area contributed by atoms with E-state index >= 15 is 0 Å². The Morgan fingerprint density at radius 3 is 2.10 bits per heavy atom. The zero-order chi connectivity index (χ0) is 20.1. The molecule has 0 fully saturated rings. The molecule has 0 saturated heterocycles. The summed E-state index contributed by atoms with van der Waals surface area (Å²) in [4.78, 5) is 1.17. The van der Waals surface area contributed by atoms with Gasteiger partial charge in [0.1, 0.15) is 5.75 Å². The Hall–Kier alpha value is -2.65. The van der Waals surface area contributed by atoms with Crippen molar-refractivity contribution in [2.24, 2.45) is 0 Å². The van der Waals surface area contributed by atoms with Crippen molar-refractivity contribution in [1.29, 1.82) is 0 Å². The third kappa shape index (κ3) is 4.68. The van der Waals surface area contributed by atoms with Gasteiger partial charge < -0.3 is 9.63 Å². The van der Waals surface area contributed by atoms with Crippen LogP contribution in [0.3, 0.4) is 0 Å². The van der Waals surface area contributed by atoms with Crippen LogP contribution in [0.2, 0.25) is 0 Å². The Morgan fingerprint density at radius 2 is 1.48 bits per heavy atom. The molecule has 1 aromatic heterocycles. The second kappa shape index (κ2) is 8.79. The third-order valence-electron chi connectivity index (χ3n) is 4.66. The molecule has 1 unspecified atom stereocenters. The van der Waals surface area contributed by atoms with Gasteiger partial charge in [-0.05, 0) is 46.8 Å². The van der Waals surface area contributed by atoms with Crippen molar-refractivity contribution in [3.8, 4) is 16.2 Å². The van der Waals surface area contributed by atoms with E-state index in [0.717, 1.165) is 11.1 Å². The molecule has 0 amide bonds. The van der Waals surface area contributed by atoms with Gasteiger partial charge in [0.25, 0.3) is 7.37 Å². The van der Waals surface area contributed by atoms with Gasteiger partial charge in [0, 0.05) is 10.2 Å². The van der Waals surface area contributed by atoms with E-state index < -0.39 is 13.5 Å². The predicted molar refractivity (Wildman–Crippen MR) is 120 cm³/mol. The van der Waals surface area contributed by atoms with Crippen molar-refractivity contribution < 1.29 is 14.2 Å². The summed E-state index contributed by atoms with van der Waals surface area (Å²) in [6.07, 6.45) is -0.897. The molecule has 2 atom stereocenters. The van der Waals surface area contributed by atoms with E-state index in [0.29, 0.717) is 11.1 Å². The van der Waals surface area contributed by atoms with Crippen molar-refractivity contribution in [3.63, 3.8) is 0 Å². The first-order valence-corrected chi connectivity index (χ1v) is 12.0. The molecule has 5 heteroatoms. The van der Waals surface area contributed by atoms with Gasteiger partial charge in [0.05, 0.1) is 12.3 Å². The summed E-state index contributed by atoms with van der Waals surface area (Å²) >= 11 is 1.67. The Bertz CT molecular complexity index is 1080. The first-order chi connectivity index (χ1) is 14.1. The Labute approximate surface area is 174 Å². The number of thiophene rings is 1. The Kier molecular flexibility index (Phi) is 5.96. The zero-order valence-corrected chi connectivity index (χ0v) is 17.4. The third-order valence-corrected chi connectivity index (χ3v) is 8.00. The average molecular weight is 420 g/mol. The molecule has 3 nitrogen and oxygen atoms in total. The molecule has 146 valence electrons. The molecular weight excluding hydrogens is 399 g/mol. The van der Waals surface area contributed by atoms with Crippen LogP contribution < -0.4 is 9.83 Å². The maximum absolute atomic E-state index is 13.8. The SMILES string of the molecule is O=P(C[C@@H](O)c1ccc(-c2cccs2)cc1)(Oc1ccccc1)c1ccccc1. The van der Waals surface area contributed by atoms with E-state index in [9.17, 15) is 9.67 Å². The highest BCUT2D eigenvalue weighted by Crippen LogP contribution is 2.48. The second-order valence-corrected chi connectivity index (χ2v) is 10.1. The minimum atomic E-state index is -3.32. The van der Waals surface area contributed by atoms with E-state index in [2.05, 4.69) is 6.07 Å². The maximum Gasteiger partial charge on any atom is 0.280 e. The summed E-state index contributed by atoms with van der Waals surface area (Å²) in [7, 11) is -3.32. The molecule has 0 saturated carbocycles. The highest BCUT2D eigenvalue weighted by Gasteiger charge is 2.31. The summed E-state index contributed by atoms with van der Waals surface area (Å²) in [5.41, 5.74) is 1.82. The number of aliphatic hydroxyl groups is 1. The van der Waals surface area contributed by atoms with Gasteiger partial charge in [0.15, 0.2) is 0 Å². The monoisotopic (exact) mass is 420 g/mol. The molecule has 1 heterocycles. The molecule has 0 aliphatic heterocycles. The Balaban J connectivity index is 1.59. The van der Waals surface area contributed by atoms with Gasteiger partial charge in [-0.2, -0.15) is 0 Å². The second-order valence-electron chi connectivity index (χ2n) is 6.71. The molecule has 0 bridgehead atoms. The standard InChI is InChI=1S/C24H21O3PS/c25-23(19-13-15-20(16-14-19)24-12-7-17-29-24)18-28(26,22-10-5-2-6-11-22)27-21-8-3-1-4-9-21/h1-17,23,25H,18H2/t23-,28?/m1/s1. The molecule has 0 aliphatic rings. The van der Waals surface area contributed by atoms with Crippen molar-refractivity contribution in [2.45, 2.75) is 6.10 Å². The quantitative estimate of drug-likeness (QED) is 0.366. The fourth-order valence-electron chi connectivity index (χ4n) is 3.15. The fourth-order valence-corrected chi connectivity index (χ4v) is 6.03. The van der Waals surface area contributed by atoms with Gasteiger partial charge in [-0.15, -0.1) is 11.3 Å². The minimum Gasteiger partial charge on any atom is -0.440 e. The Morgan fingerprint density at radius 1 is 0.828 bits per heavy atom. The molecule has 4 rings (SSSR count). The van der Waals surface area contributed by atoms with Gasteiger partial charge in [-0.25, -0.2) is 0 Å². The predicted octanol–water partition coefficient (Wildman–Crippen LogP) is 6.13. The molecule has 4 aromatic rings. The van der Waals surface area contributed by atoms with E-state index in [-0.39, 0.29) is 6.16 Å². The topological polar surface area (TPSA) is 46.5 Å². The van der Waals surface area contributed by atoms with Crippen molar-refractivity contribution >= 4 is 24.0 Å². The smallest absolute Gasteiger partial charge is 0.280 e. The normalized spacial score (nSPS) is 14.1. The van der Waals surface area contributed by atoms with Crippen LogP contribution in [0.25, 0.3) is 10.4 Å². The summed E-state index contributed by atoms with van der Waals surface area (Å²) in [5, 5.41) is 13.5. The molecule has 0 spiro atoms. The number of hydrogen-bond acceptors (Lipinski definition) is 4. The minimum absolute atomic E-state index is 0.00422. The summed E-state index contributed by atoms with van der Waals surface area (Å²) in [6.45, 7) is 0. The summed E-state index contributed by atoms with van der Waals surface area (Å²) < 4.78 is 19.8. The lowest BCUT2D eigenvalue weighted by Crippen LogP contribution is -2.17. The average Bonchev–Trinajstić information content (AvgIpc) is 3.30. The molecule has 3 aromatic carbocycles. The summed E-state index contributed by atoms with van der Waals surface area (Å²) in [5.74, 6) is 0.528. The van der Waals surface area contributed by atoms with Crippen LogP contribution in [0, 0.1) is 0 Å². The van der Waals surface area contributed by atoms with Gasteiger partial charge in [0.2, 0.25) is 0 Å². The van der Waals surface area contributed by atoms with E-state index in [1.807, 2.05) is 72.1 Å². The van der Waals surface area contributed by atoms with Crippen LogP contribution in [0.1, 0.15) is 11.7 Å². The van der Waals surface area contributed by atoms with E-state index in [1.165, 1.54) is 4.88 Å². The molecule has 0 aliphatic carbocycles. The van der Waals surface area contributed by atoms with Crippen LogP contribution in [-0.2, 0) is 4.57 Å². The zero-order valence-electron chi connectivity index (χ0n) is 15.7. The molecule has 1 N–H and O–H groups in total. The van der Waals surface area contributed by atoms with Crippen molar-refractivity contribution in [1.82, 2.24) is 0 Å². The van der Waals surface area contributed by atoms with Crippen LogP contribution in [0.4, 0.5) is 0 Å². The maximum atomic E-state index is 13.8. The van der Waals surface area contributed by atoms with Crippen molar-refractivity contribution in [2.75, 3.05) is 6.16 Å². The van der Waals surface area contributed by atoms with Crippen LogP contribution in [0.15, 0.2) is 102 Å². The molecular formula is C24H21O3PS. The highest BCUT2D eigenvalue weighted by atomic mass is 32.1. The van der Waals surface area contributed by atoms with Gasteiger partial charge in [-0.1, -0.05) is 66.7 Å². The number of benzene rings is 3. The first kappa shape index (κ1) is 19.7. The highest BCUT2D eigenvalue weighted by molar-refractivity contribution is 7.67. The lowest BCUT2D eigenvalue weighted by molar-refractivity contribution is 0.199. The molecule has 0 radical (unpaired) electrons. The fraction of sp³-hybridized carbons (Fsp3) is 0.0833. The van der Waals surface area contributed by atoms with Crippen LogP contribution in [0.5, 0.6) is 5.75 Å². The largest absolute Gasteiger partial charge is 0.440 e. The van der Waals surface area contributed by atoms with Crippen molar-refractivity contribution in [3.05, 3.63) is 108 Å². The van der Waals surface area contributed by atoms with E-state index in [1.54, 1.807) is 35.6 Å². The number of hydrogen-bond donors (Lipinski definition) is 1.